The fourth-order valence-corrected chi connectivity index (χ4v) is 3.78. The highest BCUT2D eigenvalue weighted by Crippen LogP contribution is 2.12. The monoisotopic (exact) mass is 484 g/mol. The number of hydrogen-bond donors (Lipinski definition) is 1. The van der Waals surface area contributed by atoms with Crippen LogP contribution < -0.4 is 17.7 Å². The molecule has 5 nitrogen and oxygen atoms in total. The molecule has 0 aliphatic carbocycles. The summed E-state index contributed by atoms with van der Waals surface area (Å²) in [5, 5.41) is 2.69. The molecular formula is C27H49ClN2O3. The lowest BCUT2D eigenvalue weighted by molar-refractivity contribution is -0.891. The van der Waals surface area contributed by atoms with Gasteiger partial charge in [0.15, 0.2) is 0 Å². The minimum Gasteiger partial charge on any atom is -1.00 e. The molecular weight excluding hydrogens is 436 g/mol. The zero-order valence-corrected chi connectivity index (χ0v) is 22.2. The van der Waals surface area contributed by atoms with Crippen LogP contribution in [0.25, 0.3) is 0 Å². The van der Waals surface area contributed by atoms with Gasteiger partial charge in [-0.05, 0) is 25.0 Å². The summed E-state index contributed by atoms with van der Waals surface area (Å²) < 4.78 is 11.8. The Balaban J connectivity index is 0.0000102. The molecule has 0 radical (unpaired) electrons. The van der Waals surface area contributed by atoms with Gasteiger partial charge in [0, 0.05) is 5.69 Å². The predicted molar refractivity (Wildman–Crippen MR) is 135 cm³/mol. The van der Waals surface area contributed by atoms with Crippen molar-refractivity contribution in [3.05, 3.63) is 30.3 Å². The molecule has 0 heterocycles. The summed E-state index contributed by atoms with van der Waals surface area (Å²) in [6.07, 6.45) is 16.2. The Morgan fingerprint density at radius 2 is 1.30 bits per heavy atom. The Bertz CT molecular complexity index is 570. The summed E-state index contributed by atoms with van der Waals surface area (Å²) in [7, 11) is 4.54. The van der Waals surface area contributed by atoms with Crippen LogP contribution in [0, 0.1) is 0 Å². The van der Waals surface area contributed by atoms with Crippen LogP contribution in [0.15, 0.2) is 30.3 Å². The highest BCUT2D eigenvalue weighted by Gasteiger charge is 2.14. The zero-order chi connectivity index (χ0) is 23.3. The van der Waals surface area contributed by atoms with E-state index in [1.54, 1.807) is 0 Å². The van der Waals surface area contributed by atoms with E-state index in [1.807, 2.05) is 30.3 Å². The first-order valence-electron chi connectivity index (χ1n) is 12.9. The van der Waals surface area contributed by atoms with Crippen molar-refractivity contribution in [3.63, 3.8) is 0 Å². The number of carbonyl (C=O) groups excluding carboxylic acids is 1. The second kappa shape index (κ2) is 21.2. The molecule has 0 unspecified atom stereocenters. The van der Waals surface area contributed by atoms with Crippen molar-refractivity contribution in [2.75, 3.05) is 52.3 Å². The maximum absolute atomic E-state index is 11.7. The van der Waals surface area contributed by atoms with E-state index in [0.29, 0.717) is 13.2 Å². The van der Waals surface area contributed by atoms with Crippen molar-refractivity contribution >= 4 is 11.8 Å². The fraction of sp³-hybridized carbons (Fsp3) is 0.741. The first-order chi connectivity index (χ1) is 15.5. The van der Waals surface area contributed by atoms with Crippen molar-refractivity contribution in [2.45, 2.75) is 84.0 Å². The lowest BCUT2D eigenvalue weighted by atomic mass is 10.1. The van der Waals surface area contributed by atoms with Gasteiger partial charge < -0.3 is 26.4 Å². The maximum atomic E-state index is 11.7. The lowest BCUT2D eigenvalue weighted by Crippen LogP contribution is -3.00. The largest absolute Gasteiger partial charge is 1.00 e. The van der Waals surface area contributed by atoms with E-state index in [2.05, 4.69) is 26.3 Å². The van der Waals surface area contributed by atoms with E-state index < -0.39 is 6.09 Å². The Hall–Kier alpha value is -1.30. The van der Waals surface area contributed by atoms with Gasteiger partial charge in [0.2, 0.25) is 0 Å². The average Bonchev–Trinajstić information content (AvgIpc) is 2.77. The first kappa shape index (κ1) is 31.7. The molecule has 1 rings (SSSR count). The molecule has 192 valence electrons. The van der Waals surface area contributed by atoms with E-state index in [1.165, 1.54) is 83.6 Å². The van der Waals surface area contributed by atoms with Crippen molar-refractivity contribution in [2.24, 2.45) is 0 Å². The molecule has 0 fully saturated rings. The second-order valence-electron chi connectivity index (χ2n) is 9.51. The number of likely N-dealkylation sites (N-methyl/N-ethyl adjacent to an activating group) is 1. The van der Waals surface area contributed by atoms with Gasteiger partial charge in [-0.15, -0.1) is 0 Å². The third kappa shape index (κ3) is 19.8. The van der Waals surface area contributed by atoms with Crippen LogP contribution in [-0.2, 0) is 9.47 Å². The van der Waals surface area contributed by atoms with Crippen LogP contribution in [-0.4, -0.2) is 57.6 Å². The molecule has 1 aromatic rings. The molecule has 0 saturated heterocycles. The number of ether oxygens (including phenoxy) is 2. The fourth-order valence-electron chi connectivity index (χ4n) is 3.78. The molecule has 0 atom stereocenters. The van der Waals surface area contributed by atoms with Crippen LogP contribution in [0.1, 0.15) is 84.0 Å². The molecule has 1 N–H and O–H groups in total. The van der Waals surface area contributed by atoms with Crippen LogP contribution >= 0.6 is 0 Å². The summed E-state index contributed by atoms with van der Waals surface area (Å²) in [5.41, 5.74) is 0.732. The van der Waals surface area contributed by atoms with Crippen molar-refractivity contribution in [3.8, 4) is 0 Å². The molecule has 0 aliphatic rings. The number of carbonyl (C=O) groups is 1. The quantitative estimate of drug-likeness (QED) is 0.224. The number of amides is 1. The molecule has 0 bridgehead atoms. The van der Waals surface area contributed by atoms with Gasteiger partial charge in [0.1, 0.15) is 13.2 Å². The molecule has 1 aromatic carbocycles. The number of quaternary nitrogens is 1. The smallest absolute Gasteiger partial charge is 0.411 e. The Morgan fingerprint density at radius 1 is 0.758 bits per heavy atom. The third-order valence-corrected chi connectivity index (χ3v) is 5.94. The number of unbranched alkanes of at least 4 members (excludes halogenated alkanes) is 11. The summed E-state index contributed by atoms with van der Waals surface area (Å²) in [6.45, 7) is 5.84. The number of rotatable bonds is 20. The van der Waals surface area contributed by atoms with Crippen molar-refractivity contribution in [1.29, 1.82) is 0 Å². The highest BCUT2D eigenvalue weighted by atomic mass is 35.5. The Morgan fingerprint density at radius 3 is 1.88 bits per heavy atom. The standard InChI is InChI=1S/C27H48N2O3.ClH/c1-4-5-6-7-8-9-10-11-12-13-14-18-21-29(2,3)22-23-31-24-25-32-27(30)28-26-19-16-15-17-20-26;/h15-17,19-20H,4-14,18,21-25H2,1-3H3;1H. The number of nitrogens with one attached hydrogen (secondary N) is 1. The van der Waals surface area contributed by atoms with Crippen LogP contribution in [0.5, 0.6) is 0 Å². The summed E-state index contributed by atoms with van der Waals surface area (Å²) in [6, 6.07) is 9.30. The predicted octanol–water partition coefficient (Wildman–Crippen LogP) is 4.03. The molecule has 33 heavy (non-hydrogen) atoms. The van der Waals surface area contributed by atoms with Gasteiger partial charge in [-0.3, -0.25) is 5.32 Å². The molecule has 1 amide bonds. The van der Waals surface area contributed by atoms with Gasteiger partial charge in [-0.2, -0.15) is 0 Å². The minimum atomic E-state index is -0.442. The topological polar surface area (TPSA) is 47.6 Å². The second-order valence-corrected chi connectivity index (χ2v) is 9.51. The average molecular weight is 485 g/mol. The number of para-hydroxylation sites is 1. The van der Waals surface area contributed by atoms with Gasteiger partial charge >= 0.3 is 6.09 Å². The lowest BCUT2D eigenvalue weighted by Gasteiger charge is -2.29. The Labute approximate surface area is 209 Å². The van der Waals surface area contributed by atoms with Crippen LogP contribution in [0.2, 0.25) is 0 Å². The number of anilines is 1. The van der Waals surface area contributed by atoms with Gasteiger partial charge in [0.05, 0.1) is 33.9 Å². The van der Waals surface area contributed by atoms with E-state index >= 15 is 0 Å². The zero-order valence-electron chi connectivity index (χ0n) is 21.5. The van der Waals surface area contributed by atoms with Gasteiger partial charge in [-0.25, -0.2) is 4.79 Å². The van der Waals surface area contributed by atoms with Crippen LogP contribution in [0.3, 0.4) is 0 Å². The van der Waals surface area contributed by atoms with Gasteiger partial charge in [-0.1, -0.05) is 89.3 Å². The molecule has 0 spiro atoms. The number of nitrogens with zero attached hydrogens (tertiary/aromatic N) is 1. The summed E-state index contributed by atoms with van der Waals surface area (Å²) in [5.74, 6) is 0. The van der Waals surface area contributed by atoms with Crippen molar-refractivity contribution in [1.82, 2.24) is 0 Å². The van der Waals surface area contributed by atoms with Gasteiger partial charge in [0.25, 0.3) is 0 Å². The van der Waals surface area contributed by atoms with E-state index in [0.717, 1.165) is 16.7 Å². The third-order valence-electron chi connectivity index (χ3n) is 5.94. The number of hydrogen-bond acceptors (Lipinski definition) is 3. The molecule has 0 aliphatic heterocycles. The SMILES string of the molecule is CCCCCCCCCCCCCC[N+](C)(C)CCOCCOC(=O)Nc1ccccc1.[Cl-]. The molecule has 6 heteroatoms. The van der Waals surface area contributed by atoms with E-state index in [9.17, 15) is 4.79 Å². The number of benzene rings is 1. The number of halogens is 1. The molecule has 0 saturated carbocycles. The summed E-state index contributed by atoms with van der Waals surface area (Å²) >= 11 is 0. The minimum absolute atomic E-state index is 0. The first-order valence-corrected chi connectivity index (χ1v) is 12.9. The molecule has 0 aromatic heterocycles. The van der Waals surface area contributed by atoms with Crippen molar-refractivity contribution < 1.29 is 31.2 Å². The van der Waals surface area contributed by atoms with E-state index in [4.69, 9.17) is 9.47 Å². The maximum Gasteiger partial charge on any atom is 0.411 e. The van der Waals surface area contributed by atoms with E-state index in [-0.39, 0.29) is 19.0 Å². The normalized spacial score (nSPS) is 11.1. The highest BCUT2D eigenvalue weighted by molar-refractivity contribution is 5.84. The Kier molecular flexibility index (Phi) is 20.4. The summed E-state index contributed by atoms with van der Waals surface area (Å²) in [4.78, 5) is 11.7. The van der Waals surface area contributed by atoms with Crippen LogP contribution in [0.4, 0.5) is 10.5 Å².